The third-order valence-electron chi connectivity index (χ3n) is 5.15. The summed E-state index contributed by atoms with van der Waals surface area (Å²) in [7, 11) is 0. The van der Waals surface area contributed by atoms with E-state index in [1.807, 2.05) is 62.4 Å². The second-order valence-electron chi connectivity index (χ2n) is 7.40. The standard InChI is InChI=1S/C25H21ClN2O2/c1-16-7-8-19-14-20(24(29)27-22(19)13-16)15-28(23-6-4-3-5-17(23)2)25(30)18-9-11-21(26)12-10-18/h3-14H,15H2,1-2H3,(H,27,29). The maximum atomic E-state index is 13.4. The molecular weight excluding hydrogens is 396 g/mol. The van der Waals surface area contributed by atoms with Gasteiger partial charge in [-0.25, -0.2) is 0 Å². The van der Waals surface area contributed by atoms with E-state index in [9.17, 15) is 9.59 Å². The highest BCUT2D eigenvalue weighted by molar-refractivity contribution is 6.30. The van der Waals surface area contributed by atoms with Crippen molar-refractivity contribution in [3.8, 4) is 0 Å². The minimum Gasteiger partial charge on any atom is -0.322 e. The molecule has 0 aliphatic carbocycles. The molecule has 1 amide bonds. The van der Waals surface area contributed by atoms with Crippen molar-refractivity contribution in [2.45, 2.75) is 20.4 Å². The van der Waals surface area contributed by atoms with Gasteiger partial charge in [-0.05, 0) is 72.8 Å². The fourth-order valence-electron chi connectivity index (χ4n) is 3.53. The molecule has 0 aliphatic heterocycles. The van der Waals surface area contributed by atoms with Crippen molar-refractivity contribution >= 4 is 34.1 Å². The van der Waals surface area contributed by atoms with Crippen LogP contribution < -0.4 is 10.5 Å². The Morgan fingerprint density at radius 1 is 0.967 bits per heavy atom. The third-order valence-corrected chi connectivity index (χ3v) is 5.40. The monoisotopic (exact) mass is 416 g/mol. The van der Waals surface area contributed by atoms with Gasteiger partial charge in [0.1, 0.15) is 0 Å². The zero-order chi connectivity index (χ0) is 21.3. The summed E-state index contributed by atoms with van der Waals surface area (Å²) in [5, 5.41) is 1.49. The molecule has 0 spiro atoms. The Morgan fingerprint density at radius 3 is 2.43 bits per heavy atom. The Labute approximate surface area is 179 Å². The zero-order valence-electron chi connectivity index (χ0n) is 16.8. The van der Waals surface area contributed by atoms with Crippen molar-refractivity contribution in [3.05, 3.63) is 110 Å². The Balaban J connectivity index is 1.80. The lowest BCUT2D eigenvalue weighted by atomic mass is 10.1. The molecule has 0 radical (unpaired) electrons. The van der Waals surface area contributed by atoms with E-state index in [0.29, 0.717) is 16.1 Å². The van der Waals surface area contributed by atoms with Crippen LogP contribution in [0.4, 0.5) is 5.69 Å². The largest absolute Gasteiger partial charge is 0.322 e. The molecule has 150 valence electrons. The van der Waals surface area contributed by atoms with Crippen LogP contribution in [0.1, 0.15) is 27.0 Å². The van der Waals surface area contributed by atoms with E-state index < -0.39 is 0 Å². The topological polar surface area (TPSA) is 53.2 Å². The zero-order valence-corrected chi connectivity index (χ0v) is 17.5. The molecule has 30 heavy (non-hydrogen) atoms. The summed E-state index contributed by atoms with van der Waals surface area (Å²) < 4.78 is 0. The normalized spacial score (nSPS) is 10.9. The number of amides is 1. The summed E-state index contributed by atoms with van der Waals surface area (Å²) in [5.74, 6) is -0.190. The predicted molar refractivity (Wildman–Crippen MR) is 122 cm³/mol. The number of halogens is 1. The second kappa shape index (κ2) is 8.17. The Morgan fingerprint density at radius 2 is 1.70 bits per heavy atom. The summed E-state index contributed by atoms with van der Waals surface area (Å²) in [6.45, 7) is 4.09. The number of pyridine rings is 1. The van der Waals surface area contributed by atoms with Gasteiger partial charge in [0.15, 0.2) is 0 Å². The minimum absolute atomic E-state index is 0.158. The maximum absolute atomic E-state index is 13.4. The fraction of sp³-hybridized carbons (Fsp3) is 0.120. The molecule has 1 aromatic heterocycles. The highest BCUT2D eigenvalue weighted by atomic mass is 35.5. The molecule has 0 fully saturated rings. The third kappa shape index (κ3) is 4.00. The molecule has 1 N–H and O–H groups in total. The van der Waals surface area contributed by atoms with E-state index in [2.05, 4.69) is 4.98 Å². The highest BCUT2D eigenvalue weighted by Crippen LogP contribution is 2.25. The molecular formula is C25H21ClN2O2. The van der Waals surface area contributed by atoms with Crippen LogP contribution in [0.15, 0.2) is 77.6 Å². The van der Waals surface area contributed by atoms with Gasteiger partial charge >= 0.3 is 0 Å². The van der Waals surface area contributed by atoms with Crippen molar-refractivity contribution in [2.75, 3.05) is 4.90 Å². The van der Waals surface area contributed by atoms with Gasteiger partial charge in [0.25, 0.3) is 11.5 Å². The van der Waals surface area contributed by atoms with E-state index in [1.54, 1.807) is 29.2 Å². The number of carbonyl (C=O) groups excluding carboxylic acids is 1. The molecule has 0 aliphatic rings. The summed E-state index contributed by atoms with van der Waals surface area (Å²) in [4.78, 5) is 30.8. The van der Waals surface area contributed by atoms with E-state index in [0.717, 1.165) is 27.7 Å². The van der Waals surface area contributed by atoms with Crippen LogP contribution in [0.25, 0.3) is 10.9 Å². The van der Waals surface area contributed by atoms with Gasteiger partial charge in [-0.1, -0.05) is 41.9 Å². The average Bonchev–Trinajstić information content (AvgIpc) is 2.73. The van der Waals surface area contributed by atoms with Crippen LogP contribution in [0, 0.1) is 13.8 Å². The van der Waals surface area contributed by atoms with E-state index in [1.165, 1.54) is 0 Å². The number of H-pyrrole nitrogens is 1. The summed E-state index contributed by atoms with van der Waals surface area (Å²) in [5.41, 5.74) is 4.41. The fourth-order valence-corrected chi connectivity index (χ4v) is 3.65. The first-order valence-corrected chi connectivity index (χ1v) is 10.1. The number of fused-ring (bicyclic) bond motifs is 1. The molecule has 4 rings (SSSR count). The molecule has 0 bridgehead atoms. The minimum atomic E-state index is -0.199. The van der Waals surface area contributed by atoms with Gasteiger partial charge in [-0.2, -0.15) is 0 Å². The predicted octanol–water partition coefficient (Wildman–Crippen LogP) is 5.65. The molecule has 0 saturated carbocycles. The van der Waals surface area contributed by atoms with Gasteiger partial charge < -0.3 is 9.88 Å². The van der Waals surface area contributed by atoms with Crippen molar-refractivity contribution in [3.63, 3.8) is 0 Å². The molecule has 3 aromatic carbocycles. The van der Waals surface area contributed by atoms with Gasteiger partial charge in [0.2, 0.25) is 0 Å². The number of nitrogens with zero attached hydrogens (tertiary/aromatic N) is 1. The van der Waals surface area contributed by atoms with Gasteiger partial charge in [0, 0.05) is 27.4 Å². The number of aryl methyl sites for hydroxylation is 2. The lowest BCUT2D eigenvalue weighted by Crippen LogP contribution is -2.33. The smallest absolute Gasteiger partial charge is 0.258 e. The molecule has 0 unspecified atom stereocenters. The number of nitrogens with one attached hydrogen (secondary N) is 1. The number of hydrogen-bond donors (Lipinski definition) is 1. The highest BCUT2D eigenvalue weighted by Gasteiger charge is 2.21. The Hall–Kier alpha value is -3.37. The number of hydrogen-bond acceptors (Lipinski definition) is 2. The maximum Gasteiger partial charge on any atom is 0.258 e. The Bertz CT molecular complexity index is 1290. The van der Waals surface area contributed by atoms with Crippen LogP contribution >= 0.6 is 11.6 Å². The number of para-hydroxylation sites is 1. The van der Waals surface area contributed by atoms with Crippen molar-refractivity contribution in [1.82, 2.24) is 4.98 Å². The SMILES string of the molecule is Cc1ccc2cc(CN(C(=O)c3ccc(Cl)cc3)c3ccccc3C)c(=O)[nH]c2c1. The summed E-state index contributed by atoms with van der Waals surface area (Å²) in [6, 6.07) is 22.2. The van der Waals surface area contributed by atoms with Crippen LogP contribution in [-0.4, -0.2) is 10.9 Å². The molecule has 4 nitrogen and oxygen atoms in total. The summed E-state index contributed by atoms with van der Waals surface area (Å²) >= 11 is 5.98. The number of aromatic amines is 1. The van der Waals surface area contributed by atoms with Crippen molar-refractivity contribution in [1.29, 1.82) is 0 Å². The van der Waals surface area contributed by atoms with E-state index in [4.69, 9.17) is 11.6 Å². The lowest BCUT2D eigenvalue weighted by Gasteiger charge is -2.25. The summed E-state index contributed by atoms with van der Waals surface area (Å²) in [6.07, 6.45) is 0. The lowest BCUT2D eigenvalue weighted by molar-refractivity contribution is 0.0985. The first-order valence-electron chi connectivity index (χ1n) is 9.68. The van der Waals surface area contributed by atoms with Crippen molar-refractivity contribution < 1.29 is 4.79 Å². The number of anilines is 1. The Kier molecular flexibility index (Phi) is 5.42. The molecule has 0 saturated heterocycles. The first kappa shape index (κ1) is 19.9. The second-order valence-corrected chi connectivity index (χ2v) is 7.84. The molecule has 0 atom stereocenters. The molecule has 4 aromatic rings. The van der Waals surface area contributed by atoms with Crippen LogP contribution in [0.3, 0.4) is 0 Å². The molecule has 1 heterocycles. The number of benzene rings is 3. The number of carbonyl (C=O) groups is 1. The van der Waals surface area contributed by atoms with Crippen LogP contribution in [-0.2, 0) is 6.54 Å². The van der Waals surface area contributed by atoms with Gasteiger partial charge in [0.05, 0.1) is 6.54 Å². The quantitative estimate of drug-likeness (QED) is 0.467. The number of aromatic nitrogens is 1. The van der Waals surface area contributed by atoms with Crippen LogP contribution in [0.2, 0.25) is 5.02 Å². The molecule has 5 heteroatoms. The van der Waals surface area contributed by atoms with Crippen LogP contribution in [0.5, 0.6) is 0 Å². The van der Waals surface area contributed by atoms with E-state index >= 15 is 0 Å². The first-order chi connectivity index (χ1) is 14.4. The van der Waals surface area contributed by atoms with Gasteiger partial charge in [-0.15, -0.1) is 0 Å². The van der Waals surface area contributed by atoms with E-state index in [-0.39, 0.29) is 18.0 Å². The van der Waals surface area contributed by atoms with Crippen molar-refractivity contribution in [2.24, 2.45) is 0 Å². The number of rotatable bonds is 4. The average molecular weight is 417 g/mol. The van der Waals surface area contributed by atoms with Gasteiger partial charge in [-0.3, -0.25) is 9.59 Å².